The van der Waals surface area contributed by atoms with Crippen LogP contribution in [0.25, 0.3) is 10.8 Å². The molecule has 1 amide bonds. The Bertz CT molecular complexity index is 1540. The lowest BCUT2D eigenvalue weighted by molar-refractivity contribution is -0.119. The zero-order valence-corrected chi connectivity index (χ0v) is 20.7. The molecule has 4 rings (SSSR count). The van der Waals surface area contributed by atoms with Gasteiger partial charge in [-0.3, -0.25) is 9.10 Å². The third-order valence-electron chi connectivity index (χ3n) is 5.36. The van der Waals surface area contributed by atoms with E-state index < -0.39 is 22.5 Å². The molecule has 4 aromatic rings. The lowest BCUT2D eigenvalue weighted by Gasteiger charge is -2.24. The third-order valence-corrected chi connectivity index (χ3v) is 7.38. The molecule has 0 bridgehead atoms. The summed E-state index contributed by atoms with van der Waals surface area (Å²) < 4.78 is 33.0. The molecule has 0 aliphatic heterocycles. The first kappa shape index (κ1) is 25.0. The van der Waals surface area contributed by atoms with Crippen LogP contribution in [0.3, 0.4) is 0 Å². The minimum atomic E-state index is -4.14. The van der Waals surface area contributed by atoms with Gasteiger partial charge in [-0.1, -0.05) is 48.0 Å². The highest BCUT2D eigenvalue weighted by Crippen LogP contribution is 2.27. The molecule has 0 fully saturated rings. The van der Waals surface area contributed by atoms with Crippen LogP contribution in [0, 0.1) is 0 Å². The van der Waals surface area contributed by atoms with Crippen LogP contribution in [0.2, 0.25) is 5.02 Å². The standard InChI is InChI=1S/C26H22ClN3O5S/c1-35-21-10-12-22(13-11-21)36(33,34)30(20-7-4-6-19(27)15-20)17-26(32)29-28-16-24-23-8-3-2-5-18(23)9-14-25(24)31/h2-16,31H,17H2,1H3,(H,29,32)/b28-16-. The summed E-state index contributed by atoms with van der Waals surface area (Å²) in [6.07, 6.45) is 1.32. The van der Waals surface area contributed by atoms with Crippen molar-refractivity contribution in [1.29, 1.82) is 0 Å². The average Bonchev–Trinajstić information content (AvgIpc) is 2.88. The fourth-order valence-electron chi connectivity index (χ4n) is 3.58. The molecular weight excluding hydrogens is 502 g/mol. The number of hydrazone groups is 1. The molecule has 0 aliphatic rings. The molecular formula is C26H22ClN3O5S. The van der Waals surface area contributed by atoms with E-state index in [9.17, 15) is 18.3 Å². The number of aromatic hydroxyl groups is 1. The van der Waals surface area contributed by atoms with Gasteiger partial charge in [-0.25, -0.2) is 13.8 Å². The van der Waals surface area contributed by atoms with Crippen molar-refractivity contribution in [2.45, 2.75) is 4.90 Å². The number of sulfonamides is 1. The van der Waals surface area contributed by atoms with Gasteiger partial charge in [-0.05, 0) is 59.3 Å². The monoisotopic (exact) mass is 523 g/mol. The van der Waals surface area contributed by atoms with E-state index in [2.05, 4.69) is 10.5 Å². The zero-order chi connectivity index (χ0) is 25.7. The number of phenolic OH excluding ortho intramolecular Hbond substituents is 1. The molecule has 0 atom stereocenters. The van der Waals surface area contributed by atoms with E-state index in [0.717, 1.165) is 15.1 Å². The molecule has 8 nitrogen and oxygen atoms in total. The second-order valence-electron chi connectivity index (χ2n) is 7.68. The van der Waals surface area contributed by atoms with Crippen molar-refractivity contribution in [3.05, 3.63) is 95.5 Å². The summed E-state index contributed by atoms with van der Waals surface area (Å²) in [5, 5.41) is 16.1. The topological polar surface area (TPSA) is 108 Å². The van der Waals surface area contributed by atoms with Gasteiger partial charge in [0.2, 0.25) is 0 Å². The van der Waals surface area contributed by atoms with Crippen LogP contribution in [-0.2, 0) is 14.8 Å². The largest absolute Gasteiger partial charge is 0.507 e. The van der Waals surface area contributed by atoms with Gasteiger partial charge in [-0.15, -0.1) is 0 Å². The quantitative estimate of drug-likeness (QED) is 0.260. The number of halogens is 1. The zero-order valence-electron chi connectivity index (χ0n) is 19.1. The number of benzene rings is 4. The second-order valence-corrected chi connectivity index (χ2v) is 9.98. The number of carbonyl (C=O) groups excluding carboxylic acids is 1. The molecule has 10 heteroatoms. The molecule has 184 valence electrons. The van der Waals surface area contributed by atoms with Crippen molar-refractivity contribution in [3.8, 4) is 11.5 Å². The van der Waals surface area contributed by atoms with Gasteiger partial charge in [0.05, 0.1) is 23.9 Å². The van der Waals surface area contributed by atoms with Gasteiger partial charge in [0.1, 0.15) is 18.0 Å². The first-order valence-electron chi connectivity index (χ1n) is 10.7. The van der Waals surface area contributed by atoms with Gasteiger partial charge in [0, 0.05) is 10.6 Å². The summed E-state index contributed by atoms with van der Waals surface area (Å²) in [6.45, 7) is -0.562. The van der Waals surface area contributed by atoms with Crippen LogP contribution >= 0.6 is 11.6 Å². The predicted octanol–water partition coefficient (Wildman–Crippen LogP) is 4.55. The number of hydrogen-bond donors (Lipinski definition) is 2. The van der Waals surface area contributed by atoms with E-state index in [1.807, 2.05) is 24.3 Å². The molecule has 0 saturated carbocycles. The highest BCUT2D eigenvalue weighted by Gasteiger charge is 2.27. The number of phenols is 1. The molecule has 4 aromatic carbocycles. The van der Waals surface area contributed by atoms with E-state index in [1.165, 1.54) is 55.8 Å². The maximum Gasteiger partial charge on any atom is 0.264 e. The maximum absolute atomic E-state index is 13.5. The van der Waals surface area contributed by atoms with Gasteiger partial charge in [0.25, 0.3) is 15.9 Å². The summed E-state index contributed by atoms with van der Waals surface area (Å²) in [5.74, 6) is -0.204. The van der Waals surface area contributed by atoms with Crippen LogP contribution in [0.1, 0.15) is 5.56 Å². The summed E-state index contributed by atoms with van der Waals surface area (Å²) in [6, 6.07) is 22.7. The van der Waals surface area contributed by atoms with E-state index in [4.69, 9.17) is 16.3 Å². The Labute approximate surface area is 213 Å². The fourth-order valence-corrected chi connectivity index (χ4v) is 5.17. The van der Waals surface area contributed by atoms with Crippen molar-refractivity contribution in [3.63, 3.8) is 0 Å². The Balaban J connectivity index is 1.60. The van der Waals surface area contributed by atoms with Crippen LogP contribution in [0.5, 0.6) is 11.5 Å². The summed E-state index contributed by atoms with van der Waals surface area (Å²) in [5.41, 5.74) is 2.97. The number of nitrogens with one attached hydrogen (secondary N) is 1. The minimum absolute atomic E-state index is 0.00524. The van der Waals surface area contributed by atoms with Crippen molar-refractivity contribution >= 4 is 50.2 Å². The Morgan fingerprint density at radius 3 is 2.53 bits per heavy atom. The lowest BCUT2D eigenvalue weighted by atomic mass is 10.0. The number of ether oxygens (including phenoxy) is 1. The van der Waals surface area contributed by atoms with Gasteiger partial charge in [0.15, 0.2) is 0 Å². The SMILES string of the molecule is COc1ccc(S(=O)(=O)N(CC(=O)N/N=C\c2c(O)ccc3ccccc23)c2cccc(Cl)c2)cc1. The smallest absolute Gasteiger partial charge is 0.264 e. The number of carbonyl (C=O) groups is 1. The number of hydrogen-bond acceptors (Lipinski definition) is 6. The molecule has 0 radical (unpaired) electrons. The Kier molecular flexibility index (Phi) is 7.42. The number of methoxy groups -OCH3 is 1. The van der Waals surface area contributed by atoms with Crippen molar-refractivity contribution in [2.75, 3.05) is 18.0 Å². The average molecular weight is 524 g/mol. The van der Waals surface area contributed by atoms with Crippen molar-refractivity contribution in [2.24, 2.45) is 5.10 Å². The summed E-state index contributed by atoms with van der Waals surface area (Å²) in [7, 11) is -2.66. The van der Waals surface area contributed by atoms with Crippen molar-refractivity contribution < 1.29 is 23.1 Å². The molecule has 0 aliphatic carbocycles. The minimum Gasteiger partial charge on any atom is -0.507 e. The van der Waals surface area contributed by atoms with Gasteiger partial charge in [-0.2, -0.15) is 5.10 Å². The van der Waals surface area contributed by atoms with Crippen LogP contribution < -0.4 is 14.5 Å². The van der Waals surface area contributed by atoms with E-state index in [1.54, 1.807) is 18.2 Å². The van der Waals surface area contributed by atoms with E-state index in [0.29, 0.717) is 16.3 Å². The van der Waals surface area contributed by atoms with Gasteiger partial charge >= 0.3 is 0 Å². The summed E-state index contributed by atoms with van der Waals surface area (Å²) >= 11 is 6.09. The number of fused-ring (bicyclic) bond motifs is 1. The Morgan fingerprint density at radius 1 is 1.06 bits per heavy atom. The first-order valence-corrected chi connectivity index (χ1v) is 12.6. The molecule has 2 N–H and O–H groups in total. The molecule has 0 aromatic heterocycles. The normalized spacial score (nSPS) is 11.5. The van der Waals surface area contributed by atoms with Crippen LogP contribution in [0.4, 0.5) is 5.69 Å². The Morgan fingerprint density at radius 2 is 1.81 bits per heavy atom. The third kappa shape index (κ3) is 5.42. The second kappa shape index (κ2) is 10.7. The maximum atomic E-state index is 13.5. The highest BCUT2D eigenvalue weighted by molar-refractivity contribution is 7.92. The van der Waals surface area contributed by atoms with Crippen molar-refractivity contribution in [1.82, 2.24) is 5.43 Å². The van der Waals surface area contributed by atoms with Crippen LogP contribution in [-0.4, -0.2) is 39.3 Å². The van der Waals surface area contributed by atoms with E-state index >= 15 is 0 Å². The molecule has 36 heavy (non-hydrogen) atoms. The lowest BCUT2D eigenvalue weighted by Crippen LogP contribution is -2.39. The number of anilines is 1. The van der Waals surface area contributed by atoms with E-state index in [-0.39, 0.29) is 16.3 Å². The fraction of sp³-hybridized carbons (Fsp3) is 0.0769. The number of rotatable bonds is 8. The first-order chi connectivity index (χ1) is 17.3. The summed E-state index contributed by atoms with van der Waals surface area (Å²) in [4.78, 5) is 12.8. The molecule has 0 unspecified atom stereocenters. The predicted molar refractivity (Wildman–Crippen MR) is 140 cm³/mol. The number of nitrogens with zero attached hydrogens (tertiary/aromatic N) is 2. The molecule has 0 heterocycles. The van der Waals surface area contributed by atoms with Gasteiger partial charge < -0.3 is 9.84 Å². The highest BCUT2D eigenvalue weighted by atomic mass is 35.5. The number of amides is 1. The molecule has 0 spiro atoms. The Hall–Kier alpha value is -4.08. The molecule has 0 saturated heterocycles. The van der Waals surface area contributed by atoms with Crippen LogP contribution in [0.15, 0.2) is 94.9 Å².